The Kier molecular flexibility index (Phi) is 6.69. The molecule has 148 valence electrons. The number of sulfonamides is 1. The van der Waals surface area contributed by atoms with Gasteiger partial charge in [-0.1, -0.05) is 24.8 Å². The molecule has 0 aliphatic heterocycles. The molecule has 3 aromatic rings. The SMILES string of the molecule is CCCS(=O)(=O)Nc1cccc(-c2nc(Br)sc2-c2ccnc(SC)n2)c1F. The predicted molar refractivity (Wildman–Crippen MR) is 116 cm³/mol. The Morgan fingerprint density at radius 2 is 2.07 bits per heavy atom. The molecule has 2 aromatic heterocycles. The zero-order valence-corrected chi connectivity index (χ0v) is 19.0. The van der Waals surface area contributed by atoms with Crippen molar-refractivity contribution in [3.8, 4) is 21.8 Å². The van der Waals surface area contributed by atoms with Crippen LogP contribution in [-0.2, 0) is 10.0 Å². The average Bonchev–Trinajstić information content (AvgIpc) is 3.05. The Morgan fingerprint density at radius 1 is 1.29 bits per heavy atom. The fourth-order valence-corrected chi connectivity index (χ4v) is 5.42. The molecule has 0 atom stereocenters. The second-order valence-corrected chi connectivity index (χ2v) is 10.6. The minimum Gasteiger partial charge on any atom is -0.281 e. The van der Waals surface area contributed by atoms with Crippen LogP contribution in [0.5, 0.6) is 0 Å². The Hall–Kier alpha value is -1.56. The molecule has 0 aliphatic rings. The van der Waals surface area contributed by atoms with Gasteiger partial charge in [-0.05, 0) is 46.8 Å². The van der Waals surface area contributed by atoms with E-state index < -0.39 is 15.8 Å². The molecule has 28 heavy (non-hydrogen) atoms. The lowest BCUT2D eigenvalue weighted by molar-refractivity contribution is 0.597. The highest BCUT2D eigenvalue weighted by Crippen LogP contribution is 2.40. The van der Waals surface area contributed by atoms with E-state index in [2.05, 4.69) is 35.6 Å². The summed E-state index contributed by atoms with van der Waals surface area (Å²) >= 11 is 6.07. The lowest BCUT2D eigenvalue weighted by Crippen LogP contribution is -2.17. The first kappa shape index (κ1) is 21.2. The molecule has 6 nitrogen and oxygen atoms in total. The Balaban J connectivity index is 2.09. The van der Waals surface area contributed by atoms with E-state index in [0.29, 0.717) is 31.8 Å². The van der Waals surface area contributed by atoms with Crippen molar-refractivity contribution in [3.63, 3.8) is 0 Å². The lowest BCUT2D eigenvalue weighted by atomic mass is 10.1. The molecule has 0 unspecified atom stereocenters. The minimum atomic E-state index is -3.61. The molecular weight excluding hydrogens is 487 g/mol. The van der Waals surface area contributed by atoms with Crippen LogP contribution in [0.3, 0.4) is 0 Å². The van der Waals surface area contributed by atoms with Crippen molar-refractivity contribution in [1.82, 2.24) is 15.0 Å². The number of anilines is 1. The molecule has 1 N–H and O–H groups in total. The van der Waals surface area contributed by atoms with Crippen LogP contribution in [-0.4, -0.2) is 35.4 Å². The molecular formula is C17H16BrFN4O2S3. The van der Waals surface area contributed by atoms with E-state index in [4.69, 9.17) is 0 Å². The first-order valence-electron chi connectivity index (χ1n) is 8.17. The summed E-state index contributed by atoms with van der Waals surface area (Å²) in [6, 6.07) is 6.28. The fourth-order valence-electron chi connectivity index (χ4n) is 2.50. The zero-order chi connectivity index (χ0) is 20.3. The van der Waals surface area contributed by atoms with Crippen molar-refractivity contribution in [2.75, 3.05) is 16.7 Å². The smallest absolute Gasteiger partial charge is 0.232 e. The molecule has 0 amide bonds. The largest absolute Gasteiger partial charge is 0.281 e. The van der Waals surface area contributed by atoms with E-state index >= 15 is 4.39 Å². The Bertz CT molecular complexity index is 1110. The topological polar surface area (TPSA) is 84.8 Å². The summed E-state index contributed by atoms with van der Waals surface area (Å²) in [5.41, 5.74) is 1.09. The second kappa shape index (κ2) is 8.85. The van der Waals surface area contributed by atoms with Crippen molar-refractivity contribution in [1.29, 1.82) is 0 Å². The highest BCUT2D eigenvalue weighted by atomic mass is 79.9. The van der Waals surface area contributed by atoms with E-state index in [0.717, 1.165) is 0 Å². The van der Waals surface area contributed by atoms with E-state index in [-0.39, 0.29) is 17.0 Å². The number of thioether (sulfide) groups is 1. The molecule has 0 spiro atoms. The number of nitrogens with zero attached hydrogens (tertiary/aromatic N) is 3. The number of hydrogen-bond donors (Lipinski definition) is 1. The van der Waals surface area contributed by atoms with Gasteiger partial charge in [-0.25, -0.2) is 27.8 Å². The van der Waals surface area contributed by atoms with Crippen molar-refractivity contribution in [3.05, 3.63) is 40.2 Å². The van der Waals surface area contributed by atoms with Crippen LogP contribution in [0.4, 0.5) is 10.1 Å². The lowest BCUT2D eigenvalue weighted by Gasteiger charge is -2.11. The van der Waals surface area contributed by atoms with Crippen LogP contribution in [0.1, 0.15) is 13.3 Å². The summed E-state index contributed by atoms with van der Waals surface area (Å²) in [5, 5.41) is 0.592. The van der Waals surface area contributed by atoms with Crippen molar-refractivity contribution in [2.45, 2.75) is 18.5 Å². The van der Waals surface area contributed by atoms with Gasteiger partial charge in [-0.15, -0.1) is 11.3 Å². The van der Waals surface area contributed by atoms with Crippen molar-refractivity contribution < 1.29 is 12.8 Å². The average molecular weight is 503 g/mol. The maximum atomic E-state index is 15.2. The summed E-state index contributed by atoms with van der Waals surface area (Å²) in [6.07, 6.45) is 3.94. The van der Waals surface area contributed by atoms with E-state index in [1.807, 2.05) is 6.26 Å². The van der Waals surface area contributed by atoms with Crippen LogP contribution >= 0.6 is 39.0 Å². The molecule has 0 saturated carbocycles. The third-order valence-corrected chi connectivity index (χ3v) is 7.21. The molecule has 0 fully saturated rings. The van der Waals surface area contributed by atoms with Crippen LogP contribution < -0.4 is 4.72 Å². The van der Waals surface area contributed by atoms with Crippen molar-refractivity contribution in [2.24, 2.45) is 0 Å². The maximum Gasteiger partial charge on any atom is 0.232 e. The van der Waals surface area contributed by atoms with Gasteiger partial charge in [0.1, 0.15) is 0 Å². The summed E-state index contributed by atoms with van der Waals surface area (Å²) in [7, 11) is -3.61. The van der Waals surface area contributed by atoms with Crippen LogP contribution in [0, 0.1) is 5.82 Å². The second-order valence-electron chi connectivity index (χ2n) is 5.66. The molecule has 11 heteroatoms. The van der Waals surface area contributed by atoms with Crippen molar-refractivity contribution >= 4 is 54.7 Å². The van der Waals surface area contributed by atoms with E-state index in [1.165, 1.54) is 29.2 Å². The number of benzene rings is 1. The summed E-state index contributed by atoms with van der Waals surface area (Å²) < 4.78 is 42.1. The van der Waals surface area contributed by atoms with Gasteiger partial charge in [0.2, 0.25) is 10.0 Å². The number of thiazole rings is 1. The van der Waals surface area contributed by atoms with Gasteiger partial charge in [-0.2, -0.15) is 0 Å². The fraction of sp³-hybridized carbons (Fsp3) is 0.235. The zero-order valence-electron chi connectivity index (χ0n) is 14.9. The monoisotopic (exact) mass is 502 g/mol. The highest BCUT2D eigenvalue weighted by Gasteiger charge is 2.21. The molecule has 0 bridgehead atoms. The van der Waals surface area contributed by atoms with Gasteiger partial charge in [-0.3, -0.25) is 4.72 Å². The first-order valence-corrected chi connectivity index (χ1v) is 12.7. The summed E-state index contributed by atoms with van der Waals surface area (Å²) in [5.74, 6) is -0.761. The van der Waals surface area contributed by atoms with Gasteiger partial charge >= 0.3 is 0 Å². The molecule has 2 heterocycles. The predicted octanol–water partition coefficient (Wildman–Crippen LogP) is 5.04. The molecule has 0 saturated heterocycles. The molecule has 0 aliphatic carbocycles. The summed E-state index contributed by atoms with van der Waals surface area (Å²) in [6.45, 7) is 1.75. The third-order valence-electron chi connectivity index (χ3n) is 3.64. The standard InChI is InChI=1S/C17H16BrFN4O2S3/c1-3-9-28(24,25)23-11-6-4-5-10(13(11)19)14-15(27-16(18)22-14)12-7-8-20-17(21-12)26-2/h4-8,23H,3,9H2,1-2H3. The Morgan fingerprint density at radius 3 is 2.79 bits per heavy atom. The van der Waals surface area contributed by atoms with Gasteiger partial charge in [0.15, 0.2) is 14.9 Å². The number of rotatable bonds is 7. The molecule has 3 rings (SSSR count). The number of halogens is 2. The van der Waals surface area contributed by atoms with Crippen LogP contribution in [0.15, 0.2) is 39.5 Å². The number of aromatic nitrogens is 3. The van der Waals surface area contributed by atoms with Gasteiger partial charge in [0, 0.05) is 11.8 Å². The number of nitrogens with one attached hydrogen (secondary N) is 1. The quantitative estimate of drug-likeness (QED) is 0.359. The number of hydrogen-bond acceptors (Lipinski definition) is 7. The minimum absolute atomic E-state index is 0.0808. The molecule has 1 aromatic carbocycles. The van der Waals surface area contributed by atoms with E-state index in [9.17, 15) is 8.42 Å². The van der Waals surface area contributed by atoms with Gasteiger partial charge in [0.05, 0.1) is 27.7 Å². The van der Waals surface area contributed by atoms with Gasteiger partial charge in [0.25, 0.3) is 0 Å². The van der Waals surface area contributed by atoms with Crippen LogP contribution in [0.2, 0.25) is 0 Å². The summed E-state index contributed by atoms with van der Waals surface area (Å²) in [4.78, 5) is 13.7. The van der Waals surface area contributed by atoms with E-state index in [1.54, 1.807) is 31.3 Å². The Labute approximate surface area is 179 Å². The molecule has 0 radical (unpaired) electrons. The normalized spacial score (nSPS) is 11.6. The van der Waals surface area contributed by atoms with Crippen LogP contribution in [0.25, 0.3) is 21.8 Å². The first-order chi connectivity index (χ1) is 13.3. The maximum absolute atomic E-state index is 15.2. The highest BCUT2D eigenvalue weighted by molar-refractivity contribution is 9.11. The van der Waals surface area contributed by atoms with Gasteiger partial charge < -0.3 is 0 Å². The third kappa shape index (κ3) is 4.70.